The number of halogens is 2. The molecular formula is C9H8Cl2N2O3. The second-order valence-electron chi connectivity index (χ2n) is 2.89. The predicted octanol–water partition coefficient (Wildman–Crippen LogP) is 3.43. The van der Waals surface area contributed by atoms with Gasteiger partial charge >= 0.3 is 5.37 Å². The Hall–Kier alpha value is -1.33. The van der Waals surface area contributed by atoms with Crippen LogP contribution in [0, 0.1) is 10.1 Å². The lowest BCUT2D eigenvalue weighted by Gasteiger charge is -2.18. The van der Waals surface area contributed by atoms with Crippen LogP contribution in [0.15, 0.2) is 18.2 Å². The standard InChI is InChI=1S/C9H8Cl2N2O3/c1-2-12(9(11)14)8-4-3-6(13(15)16)5-7(8)10/h3-5H,2H2,1H3. The normalized spacial score (nSPS) is 9.94. The van der Waals surface area contributed by atoms with Crippen molar-refractivity contribution in [1.29, 1.82) is 0 Å². The first kappa shape index (κ1) is 12.7. The van der Waals surface area contributed by atoms with E-state index in [-0.39, 0.29) is 10.7 Å². The molecule has 0 saturated heterocycles. The number of hydrogen-bond donors (Lipinski definition) is 0. The molecular weight excluding hydrogens is 255 g/mol. The van der Waals surface area contributed by atoms with Crippen LogP contribution in [0.5, 0.6) is 0 Å². The van der Waals surface area contributed by atoms with Crippen molar-refractivity contribution in [3.8, 4) is 0 Å². The Morgan fingerprint density at radius 1 is 1.56 bits per heavy atom. The first-order valence-electron chi connectivity index (χ1n) is 4.38. The zero-order valence-electron chi connectivity index (χ0n) is 8.31. The first-order valence-corrected chi connectivity index (χ1v) is 5.14. The monoisotopic (exact) mass is 262 g/mol. The van der Waals surface area contributed by atoms with E-state index in [1.807, 2.05) is 0 Å². The summed E-state index contributed by atoms with van der Waals surface area (Å²) in [5.74, 6) is 0. The zero-order chi connectivity index (χ0) is 12.3. The maximum Gasteiger partial charge on any atom is 0.320 e. The fraction of sp³-hybridized carbons (Fsp3) is 0.222. The number of benzene rings is 1. The van der Waals surface area contributed by atoms with Gasteiger partial charge in [-0.25, -0.2) is 0 Å². The summed E-state index contributed by atoms with van der Waals surface area (Å²) in [6.45, 7) is 2.05. The fourth-order valence-corrected chi connectivity index (χ4v) is 1.71. The van der Waals surface area contributed by atoms with Crippen LogP contribution in [-0.2, 0) is 0 Å². The molecule has 0 aromatic heterocycles. The van der Waals surface area contributed by atoms with Crippen molar-refractivity contribution < 1.29 is 9.72 Å². The molecule has 0 fully saturated rings. The molecule has 0 aliphatic carbocycles. The van der Waals surface area contributed by atoms with Crippen molar-refractivity contribution >= 4 is 39.9 Å². The Balaban J connectivity index is 3.16. The van der Waals surface area contributed by atoms with Crippen molar-refractivity contribution in [1.82, 2.24) is 0 Å². The van der Waals surface area contributed by atoms with Gasteiger partial charge in [0.05, 0.1) is 15.6 Å². The molecule has 86 valence electrons. The van der Waals surface area contributed by atoms with Crippen LogP contribution in [0.3, 0.4) is 0 Å². The van der Waals surface area contributed by atoms with Gasteiger partial charge in [0.15, 0.2) is 0 Å². The zero-order valence-corrected chi connectivity index (χ0v) is 9.83. The Morgan fingerprint density at radius 2 is 2.19 bits per heavy atom. The molecule has 0 bridgehead atoms. The minimum atomic E-state index is -0.682. The highest BCUT2D eigenvalue weighted by Crippen LogP contribution is 2.30. The van der Waals surface area contributed by atoms with Gasteiger partial charge in [-0.1, -0.05) is 11.6 Å². The highest BCUT2D eigenvalue weighted by atomic mass is 35.5. The van der Waals surface area contributed by atoms with Crippen LogP contribution in [-0.4, -0.2) is 16.8 Å². The minimum Gasteiger partial charge on any atom is -0.298 e. The van der Waals surface area contributed by atoms with E-state index in [1.54, 1.807) is 6.92 Å². The molecule has 0 aliphatic rings. The van der Waals surface area contributed by atoms with Crippen molar-refractivity contribution in [2.75, 3.05) is 11.4 Å². The Kier molecular flexibility index (Phi) is 4.09. The van der Waals surface area contributed by atoms with Crippen molar-refractivity contribution in [2.24, 2.45) is 0 Å². The number of anilines is 1. The highest BCUT2D eigenvalue weighted by Gasteiger charge is 2.17. The van der Waals surface area contributed by atoms with Gasteiger partial charge in [-0.05, 0) is 24.6 Å². The predicted molar refractivity (Wildman–Crippen MR) is 62.4 cm³/mol. The minimum absolute atomic E-state index is 0.116. The molecule has 0 heterocycles. The Bertz CT molecular complexity index is 437. The molecule has 7 heteroatoms. The summed E-state index contributed by atoms with van der Waals surface area (Å²) in [6, 6.07) is 3.84. The quantitative estimate of drug-likeness (QED) is 0.363. The lowest BCUT2D eigenvalue weighted by Crippen LogP contribution is -2.25. The second-order valence-corrected chi connectivity index (χ2v) is 3.62. The molecule has 1 aromatic carbocycles. The van der Waals surface area contributed by atoms with Gasteiger partial charge in [-0.15, -0.1) is 0 Å². The number of nitrogens with zero attached hydrogens (tertiary/aromatic N) is 2. The van der Waals surface area contributed by atoms with Crippen molar-refractivity contribution in [2.45, 2.75) is 6.92 Å². The summed E-state index contributed by atoms with van der Waals surface area (Å²) < 4.78 is 0. The summed E-state index contributed by atoms with van der Waals surface area (Å²) in [7, 11) is 0. The van der Waals surface area contributed by atoms with Gasteiger partial charge in [-0.3, -0.25) is 19.8 Å². The lowest BCUT2D eigenvalue weighted by atomic mass is 10.2. The van der Waals surface area contributed by atoms with Gasteiger partial charge in [0, 0.05) is 18.7 Å². The molecule has 1 rings (SSSR count). The molecule has 0 saturated carbocycles. The second kappa shape index (κ2) is 5.14. The largest absolute Gasteiger partial charge is 0.320 e. The fourth-order valence-electron chi connectivity index (χ4n) is 1.22. The molecule has 1 aromatic rings. The maximum atomic E-state index is 11.0. The number of nitro groups is 1. The molecule has 16 heavy (non-hydrogen) atoms. The van der Waals surface area contributed by atoms with Crippen LogP contribution in [0.25, 0.3) is 0 Å². The maximum absolute atomic E-state index is 11.0. The van der Waals surface area contributed by atoms with Gasteiger partial charge in [0.25, 0.3) is 5.69 Å². The summed E-state index contributed by atoms with van der Waals surface area (Å²) in [5.41, 5.74) is 0.224. The van der Waals surface area contributed by atoms with Gasteiger partial charge in [-0.2, -0.15) is 0 Å². The number of carbonyl (C=O) groups excluding carboxylic acids is 1. The number of hydrogen-bond acceptors (Lipinski definition) is 3. The van der Waals surface area contributed by atoms with Gasteiger partial charge < -0.3 is 0 Å². The van der Waals surface area contributed by atoms with Crippen LogP contribution < -0.4 is 4.90 Å². The Labute approximate surface area is 102 Å². The SMILES string of the molecule is CCN(C(=O)Cl)c1ccc([N+](=O)[O-])cc1Cl. The molecule has 0 spiro atoms. The molecule has 5 nitrogen and oxygen atoms in total. The van der Waals surface area contributed by atoms with E-state index in [2.05, 4.69) is 0 Å². The average molecular weight is 263 g/mol. The molecule has 0 N–H and O–H groups in total. The smallest absolute Gasteiger partial charge is 0.298 e. The van der Waals surface area contributed by atoms with E-state index in [0.717, 1.165) is 0 Å². The van der Waals surface area contributed by atoms with E-state index in [9.17, 15) is 14.9 Å². The summed E-state index contributed by atoms with van der Waals surface area (Å²) in [6.07, 6.45) is 0. The van der Waals surface area contributed by atoms with Crippen molar-refractivity contribution in [3.05, 3.63) is 33.3 Å². The summed E-state index contributed by atoms with van der Waals surface area (Å²) in [4.78, 5) is 22.2. The van der Waals surface area contributed by atoms with Crippen molar-refractivity contribution in [3.63, 3.8) is 0 Å². The van der Waals surface area contributed by atoms with E-state index in [0.29, 0.717) is 12.2 Å². The molecule has 0 aliphatic heterocycles. The van der Waals surface area contributed by atoms with Crippen LogP contribution >= 0.6 is 23.2 Å². The third kappa shape index (κ3) is 2.62. The van der Waals surface area contributed by atoms with Crippen LogP contribution in [0.1, 0.15) is 6.92 Å². The molecule has 0 radical (unpaired) electrons. The molecule has 0 unspecified atom stereocenters. The van der Waals surface area contributed by atoms with E-state index >= 15 is 0 Å². The Morgan fingerprint density at radius 3 is 2.56 bits per heavy atom. The number of nitro benzene ring substituents is 1. The first-order chi connectivity index (χ1) is 7.47. The topological polar surface area (TPSA) is 63.5 Å². The number of amides is 1. The lowest BCUT2D eigenvalue weighted by molar-refractivity contribution is -0.384. The van der Waals surface area contributed by atoms with Gasteiger partial charge in [0.1, 0.15) is 0 Å². The number of rotatable bonds is 3. The number of non-ortho nitro benzene ring substituents is 1. The van der Waals surface area contributed by atoms with Crippen LogP contribution in [0.2, 0.25) is 5.02 Å². The third-order valence-corrected chi connectivity index (χ3v) is 2.47. The highest BCUT2D eigenvalue weighted by molar-refractivity contribution is 6.66. The molecule has 1 amide bonds. The third-order valence-electron chi connectivity index (χ3n) is 1.96. The van der Waals surface area contributed by atoms with E-state index in [4.69, 9.17) is 23.2 Å². The van der Waals surface area contributed by atoms with Crippen LogP contribution in [0.4, 0.5) is 16.2 Å². The summed E-state index contributed by atoms with van der Waals surface area (Å²) in [5, 5.41) is 9.91. The van der Waals surface area contributed by atoms with Gasteiger partial charge in [0.2, 0.25) is 0 Å². The average Bonchev–Trinajstić information content (AvgIpc) is 2.20. The molecule has 0 atom stereocenters. The number of carbonyl (C=O) groups is 1. The van der Waals surface area contributed by atoms with E-state index in [1.165, 1.54) is 23.1 Å². The van der Waals surface area contributed by atoms with E-state index < -0.39 is 10.3 Å². The summed E-state index contributed by atoms with van der Waals surface area (Å²) >= 11 is 11.2.